The quantitative estimate of drug-likeness (QED) is 0.427. The summed E-state index contributed by atoms with van der Waals surface area (Å²) in [6, 6.07) is -0.799. The van der Waals surface area contributed by atoms with Gasteiger partial charge in [-0.1, -0.05) is 0 Å². The van der Waals surface area contributed by atoms with E-state index in [1.807, 2.05) is 0 Å². The minimum absolute atomic E-state index is 0.0311. The van der Waals surface area contributed by atoms with Crippen LogP contribution in [0.4, 0.5) is 0 Å². The van der Waals surface area contributed by atoms with Gasteiger partial charge in [0.15, 0.2) is 5.96 Å². The summed E-state index contributed by atoms with van der Waals surface area (Å²) in [5.74, 6) is -0.614. The van der Waals surface area contributed by atoms with Crippen LogP contribution >= 0.6 is 0 Å². The topological polar surface area (TPSA) is 114 Å². The second-order valence-electron chi connectivity index (χ2n) is 3.08. The molecule has 1 heterocycles. The number of nitrogens with zero attached hydrogens (tertiary/aromatic N) is 1. The van der Waals surface area contributed by atoms with E-state index in [-0.39, 0.29) is 6.04 Å². The summed E-state index contributed by atoms with van der Waals surface area (Å²) in [5, 5.41) is 11.5. The highest BCUT2D eigenvalue weighted by Gasteiger charge is 2.20. The lowest BCUT2D eigenvalue weighted by molar-refractivity contribution is -0.138. The highest BCUT2D eigenvalue weighted by Crippen LogP contribution is 2.05. The van der Waals surface area contributed by atoms with Crippen molar-refractivity contribution in [2.75, 3.05) is 6.54 Å². The van der Waals surface area contributed by atoms with Crippen molar-refractivity contribution < 1.29 is 9.90 Å². The third kappa shape index (κ3) is 2.90. The monoisotopic (exact) mass is 186 g/mol. The number of carbonyl (C=O) groups is 1. The Morgan fingerprint density at radius 2 is 2.54 bits per heavy atom. The largest absolute Gasteiger partial charge is 0.480 e. The number of carboxylic acids is 1. The van der Waals surface area contributed by atoms with E-state index in [0.29, 0.717) is 18.9 Å². The lowest BCUT2D eigenvalue weighted by atomic mass is 10.0. The average molecular weight is 186 g/mol. The van der Waals surface area contributed by atoms with Crippen LogP contribution in [0.3, 0.4) is 0 Å². The van der Waals surface area contributed by atoms with E-state index in [1.165, 1.54) is 0 Å². The number of nitrogens with two attached hydrogens (primary N) is 2. The Labute approximate surface area is 76.0 Å². The molecular weight excluding hydrogens is 172 g/mol. The van der Waals surface area contributed by atoms with E-state index in [1.54, 1.807) is 0 Å². The molecule has 74 valence electrons. The fourth-order valence-electron chi connectivity index (χ4n) is 1.25. The molecule has 0 aliphatic carbocycles. The second kappa shape index (κ2) is 4.08. The molecule has 0 unspecified atom stereocenters. The first kappa shape index (κ1) is 9.79. The maximum absolute atomic E-state index is 10.4. The third-order valence-corrected chi connectivity index (χ3v) is 1.97. The van der Waals surface area contributed by atoms with Crippen LogP contribution in [-0.4, -0.2) is 35.7 Å². The van der Waals surface area contributed by atoms with Gasteiger partial charge in [-0.15, -0.1) is 0 Å². The van der Waals surface area contributed by atoms with Gasteiger partial charge in [-0.3, -0.25) is 9.79 Å². The zero-order valence-electron chi connectivity index (χ0n) is 7.23. The van der Waals surface area contributed by atoms with Crippen molar-refractivity contribution in [2.45, 2.75) is 24.9 Å². The fraction of sp³-hybridized carbons (Fsp3) is 0.714. The van der Waals surface area contributed by atoms with Gasteiger partial charge in [0.2, 0.25) is 0 Å². The van der Waals surface area contributed by atoms with Crippen LogP contribution in [-0.2, 0) is 4.79 Å². The molecule has 1 aliphatic rings. The van der Waals surface area contributed by atoms with E-state index in [0.717, 1.165) is 6.42 Å². The van der Waals surface area contributed by atoms with E-state index in [4.69, 9.17) is 16.6 Å². The number of nitrogens with one attached hydrogen (secondary N) is 1. The summed E-state index contributed by atoms with van der Waals surface area (Å²) >= 11 is 0. The average Bonchev–Trinajstić information content (AvgIpc) is 2.04. The Bertz CT molecular complexity index is 229. The molecule has 0 radical (unpaired) electrons. The maximum Gasteiger partial charge on any atom is 0.320 e. The highest BCUT2D eigenvalue weighted by molar-refractivity contribution is 5.79. The minimum Gasteiger partial charge on any atom is -0.480 e. The first-order valence-corrected chi connectivity index (χ1v) is 4.14. The number of carboxylic acid groups (broad SMARTS) is 1. The summed E-state index contributed by atoms with van der Waals surface area (Å²) in [4.78, 5) is 14.4. The molecule has 6 heteroatoms. The standard InChI is InChI=1S/C7H14N4O2/c8-5(6(12)13)3-4-1-2-10-7(9)11-4/h4-5H,1-3,8H2,(H,12,13)(H3,9,10,11)/t4-,5-/m0/s1. The predicted octanol–water partition coefficient (Wildman–Crippen LogP) is -1.53. The summed E-state index contributed by atoms with van der Waals surface area (Å²) in [7, 11) is 0. The smallest absolute Gasteiger partial charge is 0.320 e. The Balaban J connectivity index is 2.38. The van der Waals surface area contributed by atoms with Crippen LogP contribution in [0.5, 0.6) is 0 Å². The van der Waals surface area contributed by atoms with Crippen LogP contribution in [0, 0.1) is 0 Å². The SMILES string of the molecule is NC1=NCC[C@@H](C[C@H](N)C(=O)O)N1. The molecule has 0 saturated heterocycles. The van der Waals surface area contributed by atoms with Gasteiger partial charge in [-0.05, 0) is 12.8 Å². The first-order chi connectivity index (χ1) is 6.09. The lowest BCUT2D eigenvalue weighted by Gasteiger charge is -2.23. The van der Waals surface area contributed by atoms with Gasteiger partial charge in [0.05, 0.1) is 0 Å². The summed E-state index contributed by atoms with van der Waals surface area (Å²) < 4.78 is 0. The zero-order valence-corrected chi connectivity index (χ0v) is 7.23. The Hall–Kier alpha value is -1.30. The third-order valence-electron chi connectivity index (χ3n) is 1.97. The Kier molecular flexibility index (Phi) is 3.07. The fourth-order valence-corrected chi connectivity index (χ4v) is 1.25. The molecule has 1 aliphatic heterocycles. The minimum atomic E-state index is -0.983. The number of hydrogen-bond acceptors (Lipinski definition) is 5. The molecule has 0 spiro atoms. The molecule has 2 atom stereocenters. The Morgan fingerprint density at radius 1 is 1.85 bits per heavy atom. The van der Waals surface area contributed by atoms with Gasteiger partial charge in [-0.25, -0.2) is 0 Å². The number of rotatable bonds is 3. The summed E-state index contributed by atoms with van der Waals surface area (Å²) in [5.41, 5.74) is 10.8. The van der Waals surface area contributed by atoms with Gasteiger partial charge in [0.1, 0.15) is 6.04 Å². The van der Waals surface area contributed by atoms with Crippen LogP contribution in [0.1, 0.15) is 12.8 Å². The lowest BCUT2D eigenvalue weighted by Crippen LogP contribution is -2.47. The molecule has 13 heavy (non-hydrogen) atoms. The Morgan fingerprint density at radius 3 is 3.08 bits per heavy atom. The van der Waals surface area contributed by atoms with Crippen LogP contribution in [0.25, 0.3) is 0 Å². The summed E-state index contributed by atoms with van der Waals surface area (Å²) in [6.45, 7) is 0.635. The molecule has 6 N–H and O–H groups in total. The van der Waals surface area contributed by atoms with E-state index >= 15 is 0 Å². The number of aliphatic imine (C=N–C) groups is 1. The second-order valence-corrected chi connectivity index (χ2v) is 3.08. The van der Waals surface area contributed by atoms with Crippen molar-refractivity contribution in [2.24, 2.45) is 16.5 Å². The zero-order chi connectivity index (χ0) is 9.84. The summed E-state index contributed by atoms with van der Waals surface area (Å²) in [6.07, 6.45) is 1.16. The first-order valence-electron chi connectivity index (χ1n) is 4.14. The molecule has 0 fully saturated rings. The van der Waals surface area contributed by atoms with Gasteiger partial charge in [0.25, 0.3) is 0 Å². The van der Waals surface area contributed by atoms with Crippen LogP contribution in [0.15, 0.2) is 4.99 Å². The molecule has 0 aromatic heterocycles. The van der Waals surface area contributed by atoms with Crippen molar-refractivity contribution in [1.29, 1.82) is 0 Å². The predicted molar refractivity (Wildman–Crippen MR) is 48.3 cm³/mol. The van der Waals surface area contributed by atoms with Gasteiger partial charge < -0.3 is 21.9 Å². The van der Waals surface area contributed by atoms with E-state index in [9.17, 15) is 4.79 Å². The molecule has 0 amide bonds. The number of guanidine groups is 1. The van der Waals surface area contributed by atoms with Gasteiger partial charge >= 0.3 is 5.97 Å². The molecule has 0 bridgehead atoms. The molecular formula is C7H14N4O2. The van der Waals surface area contributed by atoms with E-state index in [2.05, 4.69) is 10.3 Å². The number of hydrogen-bond donors (Lipinski definition) is 4. The van der Waals surface area contributed by atoms with Crippen molar-refractivity contribution in [1.82, 2.24) is 5.32 Å². The van der Waals surface area contributed by atoms with E-state index < -0.39 is 12.0 Å². The maximum atomic E-state index is 10.4. The van der Waals surface area contributed by atoms with Gasteiger partial charge in [-0.2, -0.15) is 0 Å². The number of aliphatic carboxylic acids is 1. The normalized spacial score (nSPS) is 24.4. The van der Waals surface area contributed by atoms with Crippen molar-refractivity contribution >= 4 is 11.9 Å². The van der Waals surface area contributed by atoms with Crippen molar-refractivity contribution in [3.8, 4) is 0 Å². The highest BCUT2D eigenvalue weighted by atomic mass is 16.4. The van der Waals surface area contributed by atoms with Crippen LogP contribution in [0.2, 0.25) is 0 Å². The van der Waals surface area contributed by atoms with Crippen LogP contribution < -0.4 is 16.8 Å². The molecule has 0 saturated carbocycles. The van der Waals surface area contributed by atoms with Gasteiger partial charge in [0, 0.05) is 12.6 Å². The molecule has 0 aromatic rings. The molecule has 0 aromatic carbocycles. The van der Waals surface area contributed by atoms with Crippen molar-refractivity contribution in [3.63, 3.8) is 0 Å². The molecule has 6 nitrogen and oxygen atoms in total. The molecule has 1 rings (SSSR count). The van der Waals surface area contributed by atoms with Crippen molar-refractivity contribution in [3.05, 3.63) is 0 Å².